The number of aliphatic hydroxyl groups excluding tert-OH is 1. The van der Waals surface area contributed by atoms with E-state index in [1.165, 1.54) is 0 Å². The Balaban J connectivity index is 0.706. The number of aliphatic hydroxyl groups is 1. The third-order valence-electron chi connectivity index (χ3n) is 15.9. The van der Waals surface area contributed by atoms with Crippen molar-refractivity contribution in [1.82, 2.24) is 29.4 Å². The summed E-state index contributed by atoms with van der Waals surface area (Å²) in [6, 6.07) is 32.0. The molecule has 77 heavy (non-hydrogen) atoms. The molecule has 0 spiro atoms. The highest BCUT2D eigenvalue weighted by Crippen LogP contribution is 2.40. The Kier molecular flexibility index (Phi) is 17.4. The van der Waals surface area contributed by atoms with E-state index in [2.05, 4.69) is 64.6 Å². The fourth-order valence-electron chi connectivity index (χ4n) is 11.1. The third kappa shape index (κ3) is 13.2. The van der Waals surface area contributed by atoms with E-state index < -0.39 is 23.5 Å². The van der Waals surface area contributed by atoms with Gasteiger partial charge in [0.15, 0.2) is 17.3 Å². The maximum Gasteiger partial charge on any atom is 0.227 e. The molecular formula is C63H74N8O5S. The zero-order valence-electron chi connectivity index (χ0n) is 45.2. The normalized spacial score (nSPS) is 16.6. The maximum absolute atomic E-state index is 14.2. The molecular weight excluding hydrogens is 981 g/mol. The first-order valence-electron chi connectivity index (χ1n) is 27.7. The maximum atomic E-state index is 14.2. The number of Topliss-reactive ketones (excluding diaryl/α,β-unsaturated/α-hetero) is 3. The topological polar surface area (TPSA) is 200 Å². The average Bonchev–Trinajstić information content (AvgIpc) is 4.22. The largest absolute Gasteiger partial charge is 0.391 e. The van der Waals surface area contributed by atoms with Gasteiger partial charge < -0.3 is 21.5 Å². The summed E-state index contributed by atoms with van der Waals surface area (Å²) in [7, 11) is 0. The molecule has 1 aliphatic carbocycles. The molecule has 2 aliphatic rings. The number of aromatic nitrogens is 5. The number of amides is 1. The predicted molar refractivity (Wildman–Crippen MR) is 306 cm³/mol. The third-order valence-corrected chi connectivity index (χ3v) is 16.9. The Morgan fingerprint density at radius 2 is 1.51 bits per heavy atom. The van der Waals surface area contributed by atoms with E-state index in [9.17, 15) is 24.3 Å². The fourth-order valence-corrected chi connectivity index (χ4v) is 11.9. The number of hydrogen-bond donors (Lipinski definition) is 3. The van der Waals surface area contributed by atoms with Gasteiger partial charge >= 0.3 is 0 Å². The van der Waals surface area contributed by atoms with Crippen LogP contribution >= 0.6 is 11.3 Å². The summed E-state index contributed by atoms with van der Waals surface area (Å²) >= 11 is 1.60. The molecule has 7 aromatic rings. The van der Waals surface area contributed by atoms with Crippen molar-refractivity contribution in [2.24, 2.45) is 17.1 Å². The first kappa shape index (κ1) is 55.0. The lowest BCUT2D eigenvalue weighted by molar-refractivity contribution is -0.145. The highest BCUT2D eigenvalue weighted by atomic mass is 32.1. The smallest absolute Gasteiger partial charge is 0.227 e. The van der Waals surface area contributed by atoms with Gasteiger partial charge in [-0.2, -0.15) is 0 Å². The fraction of sp³-hybridized carbons (Fsp3) is 0.429. The minimum absolute atomic E-state index is 0.0380. The number of anilines is 1. The van der Waals surface area contributed by atoms with Gasteiger partial charge in [-0.25, -0.2) is 19.9 Å². The Labute approximate surface area is 457 Å². The van der Waals surface area contributed by atoms with Crippen LogP contribution in [0.1, 0.15) is 139 Å². The summed E-state index contributed by atoms with van der Waals surface area (Å²) in [5.41, 5.74) is 24.4. The Hall–Kier alpha value is -6.74. The van der Waals surface area contributed by atoms with E-state index >= 15 is 0 Å². The molecule has 5 N–H and O–H groups in total. The number of thiazole rings is 1. The number of nitrogens with two attached hydrogens (primary N) is 2. The van der Waals surface area contributed by atoms with Gasteiger partial charge in [-0.1, -0.05) is 94.6 Å². The van der Waals surface area contributed by atoms with E-state index in [-0.39, 0.29) is 54.6 Å². The predicted octanol–water partition coefficient (Wildman–Crippen LogP) is 11.9. The lowest BCUT2D eigenvalue weighted by Gasteiger charge is -2.38. The number of benzene rings is 3. The number of nitrogens with zero attached hydrogens (tertiary/aromatic N) is 6. The van der Waals surface area contributed by atoms with Crippen molar-refractivity contribution in [1.29, 1.82) is 0 Å². The summed E-state index contributed by atoms with van der Waals surface area (Å²) < 4.78 is 2.05. The van der Waals surface area contributed by atoms with Crippen molar-refractivity contribution in [3.05, 3.63) is 131 Å². The lowest BCUT2D eigenvalue weighted by Crippen LogP contribution is -2.47. The number of hydrogen-bond acceptors (Lipinski definition) is 12. The Bertz CT molecular complexity index is 3210. The molecule has 0 radical (unpaired) electrons. The first-order chi connectivity index (χ1) is 37.0. The van der Waals surface area contributed by atoms with E-state index in [0.717, 1.165) is 125 Å². The molecule has 2 fully saturated rings. The number of fused-ring (bicyclic) bond motifs is 1. The van der Waals surface area contributed by atoms with Gasteiger partial charge in [0.2, 0.25) is 5.91 Å². The van der Waals surface area contributed by atoms with Crippen molar-refractivity contribution in [3.8, 4) is 38.8 Å². The van der Waals surface area contributed by atoms with Crippen LogP contribution in [0, 0.1) is 18.3 Å². The molecule has 3 atom stereocenters. The van der Waals surface area contributed by atoms with Gasteiger partial charge in [0.25, 0.3) is 0 Å². The van der Waals surface area contributed by atoms with Crippen LogP contribution in [0.3, 0.4) is 0 Å². The van der Waals surface area contributed by atoms with Crippen molar-refractivity contribution in [3.63, 3.8) is 0 Å². The summed E-state index contributed by atoms with van der Waals surface area (Å²) in [6.45, 7) is 7.98. The van der Waals surface area contributed by atoms with Crippen LogP contribution in [0.25, 0.3) is 49.9 Å². The summed E-state index contributed by atoms with van der Waals surface area (Å²) in [6.07, 6.45) is 12.4. The van der Waals surface area contributed by atoms with E-state index in [1.54, 1.807) is 22.4 Å². The molecule has 1 saturated heterocycles. The number of pyridine rings is 2. The van der Waals surface area contributed by atoms with E-state index in [4.69, 9.17) is 21.4 Å². The molecule has 1 amide bonds. The number of β-amino-alcohol motifs (C(OH)–C–C–N with tert-alkyl or cyclic N) is 1. The molecule has 402 valence electrons. The molecule has 14 heteroatoms. The molecule has 9 rings (SSSR count). The summed E-state index contributed by atoms with van der Waals surface area (Å²) in [4.78, 5) is 75.8. The van der Waals surface area contributed by atoms with E-state index in [1.807, 2.05) is 80.2 Å². The minimum Gasteiger partial charge on any atom is -0.391 e. The summed E-state index contributed by atoms with van der Waals surface area (Å²) in [5.74, 6) is 0.465. The second kappa shape index (κ2) is 24.3. The van der Waals surface area contributed by atoms with Gasteiger partial charge in [0.1, 0.15) is 22.9 Å². The molecule has 13 nitrogen and oxygen atoms in total. The second-order valence-electron chi connectivity index (χ2n) is 22.7. The van der Waals surface area contributed by atoms with Gasteiger partial charge in [0, 0.05) is 74.0 Å². The van der Waals surface area contributed by atoms with Crippen LogP contribution in [0.15, 0.2) is 109 Å². The standard InChI is InChI=1S/C63H74N8O5S/c1-41-57(77-40-67-41)44-24-21-42(22-25-44)23-32-56(75)55-38-50(74)39-70(55)61(76)52(62(2,3)4)37-49(73)18-9-7-5-6-8-17-48(72)19-11-15-43-14-10-16-45(36-43)53-30-31-54-60(68-53)71(59(69-54)51-20-12-35-66-58(51)64)47-28-26-46(27-29-47)63(65)33-13-34-63/h10,12,14,16,20-22,24-31,35-36,40,50,52,55,74H,5-9,11,13,15,17-19,23,32-34,37-39,65H2,1-4H3,(H2,64,66)/t50-,52-,55+/m1/s1. The number of carbonyl (C=O) groups excluding carboxylic acids is 4. The molecule has 1 aliphatic heterocycles. The van der Waals surface area contributed by atoms with Crippen molar-refractivity contribution in [2.45, 2.75) is 155 Å². The number of ketones is 3. The van der Waals surface area contributed by atoms with Crippen molar-refractivity contribution < 1.29 is 24.3 Å². The van der Waals surface area contributed by atoms with Crippen LogP contribution < -0.4 is 11.5 Å². The zero-order valence-corrected chi connectivity index (χ0v) is 46.0. The van der Waals surface area contributed by atoms with Crippen LogP contribution in [0.5, 0.6) is 0 Å². The number of aryl methyl sites for hydroxylation is 3. The molecule has 5 heterocycles. The van der Waals surface area contributed by atoms with Crippen molar-refractivity contribution in [2.75, 3.05) is 12.3 Å². The quantitative estimate of drug-likeness (QED) is 0.0486. The molecule has 4 aromatic heterocycles. The summed E-state index contributed by atoms with van der Waals surface area (Å²) in [5, 5.41) is 10.7. The number of imidazole rings is 1. The Morgan fingerprint density at radius 1 is 0.779 bits per heavy atom. The van der Waals surface area contributed by atoms with Gasteiger partial charge in [0.05, 0.1) is 39.5 Å². The number of rotatable bonds is 24. The molecule has 3 aromatic carbocycles. The molecule has 1 saturated carbocycles. The van der Waals surface area contributed by atoms with Crippen LogP contribution in [-0.2, 0) is 37.6 Å². The van der Waals surface area contributed by atoms with Gasteiger partial charge in [-0.15, -0.1) is 11.3 Å². The second-order valence-corrected chi connectivity index (χ2v) is 23.5. The van der Waals surface area contributed by atoms with Crippen molar-refractivity contribution >= 4 is 51.6 Å². The van der Waals surface area contributed by atoms with Gasteiger partial charge in [-0.05, 0) is 128 Å². The SMILES string of the molecule is Cc1ncsc1-c1ccc(CCC(=O)[C@@H]2C[C@@H](O)CN2C(=O)[C@@H](CC(=O)CCCCCCCC(=O)CCCc2cccc(-c3ccc4nc(-c5cccnc5N)n(-c5ccc(C6(N)CCC6)cc5)c4n3)c2)C(C)(C)C)cc1. The minimum atomic E-state index is -0.781. The highest BCUT2D eigenvalue weighted by molar-refractivity contribution is 7.13. The number of unbranched alkanes of at least 4 members (excludes halogenated alkanes) is 4. The monoisotopic (exact) mass is 1050 g/mol. The lowest BCUT2D eigenvalue weighted by atomic mass is 9.73. The van der Waals surface area contributed by atoms with E-state index in [0.29, 0.717) is 43.0 Å². The zero-order chi connectivity index (χ0) is 54.3. The Morgan fingerprint density at radius 3 is 2.19 bits per heavy atom. The molecule has 0 unspecified atom stereocenters. The number of carbonyl (C=O) groups is 4. The van der Waals surface area contributed by atoms with Crippen LogP contribution in [-0.4, -0.2) is 76.5 Å². The molecule has 0 bridgehead atoms. The average molecular weight is 1060 g/mol. The number of nitrogen functional groups attached to an aromatic ring is 1. The van der Waals surface area contributed by atoms with Crippen LogP contribution in [0.4, 0.5) is 5.82 Å². The van der Waals surface area contributed by atoms with Crippen LogP contribution in [0.2, 0.25) is 0 Å². The number of likely N-dealkylation sites (tertiary alicyclic amines) is 1. The first-order valence-corrected chi connectivity index (χ1v) is 28.6. The van der Waals surface area contributed by atoms with Gasteiger partial charge in [-0.3, -0.25) is 23.7 Å². The highest BCUT2D eigenvalue weighted by Gasteiger charge is 2.44.